The Balaban J connectivity index is 1.83. The van der Waals surface area contributed by atoms with Gasteiger partial charge in [-0.25, -0.2) is 4.90 Å². The van der Waals surface area contributed by atoms with Crippen LogP contribution in [0.15, 0.2) is 54.6 Å². The number of rotatable bonds is 3. The number of hydrogen-bond donors (Lipinski definition) is 1. The van der Waals surface area contributed by atoms with Gasteiger partial charge in [0.15, 0.2) is 5.37 Å². The van der Waals surface area contributed by atoms with Gasteiger partial charge in [0.05, 0.1) is 16.4 Å². The number of benzene rings is 2. The molecule has 2 aromatic rings. The molecule has 2 aromatic carbocycles. The van der Waals surface area contributed by atoms with E-state index in [2.05, 4.69) is 5.32 Å². The van der Waals surface area contributed by atoms with Crippen molar-refractivity contribution in [1.82, 2.24) is 0 Å². The van der Waals surface area contributed by atoms with Crippen LogP contribution in [0.3, 0.4) is 0 Å². The topological polar surface area (TPSA) is 49.4 Å². The number of thioether (sulfide) groups is 1. The number of halogens is 1. The van der Waals surface area contributed by atoms with Crippen LogP contribution in [-0.4, -0.2) is 16.5 Å². The summed E-state index contributed by atoms with van der Waals surface area (Å²) in [4.78, 5) is 25.7. The molecule has 0 unspecified atom stereocenters. The second-order valence-corrected chi connectivity index (χ2v) is 5.86. The van der Waals surface area contributed by atoms with Gasteiger partial charge in [0.1, 0.15) is 0 Å². The number of para-hydroxylation sites is 2. The summed E-state index contributed by atoms with van der Waals surface area (Å²) in [5.74, 6) is -0.295. The van der Waals surface area contributed by atoms with E-state index in [4.69, 9.17) is 11.6 Å². The van der Waals surface area contributed by atoms with Crippen LogP contribution in [-0.2, 0) is 4.79 Å². The van der Waals surface area contributed by atoms with Crippen LogP contribution in [0.5, 0.6) is 0 Å². The van der Waals surface area contributed by atoms with E-state index in [1.165, 1.54) is 4.90 Å². The van der Waals surface area contributed by atoms with Crippen molar-refractivity contribution in [3.63, 3.8) is 0 Å². The van der Waals surface area contributed by atoms with Crippen molar-refractivity contribution >= 4 is 45.9 Å². The van der Waals surface area contributed by atoms with Gasteiger partial charge in [-0.1, -0.05) is 41.9 Å². The summed E-state index contributed by atoms with van der Waals surface area (Å²) in [6.07, 6.45) is 0. The first-order chi connectivity index (χ1) is 10.2. The van der Waals surface area contributed by atoms with Crippen LogP contribution in [0.2, 0.25) is 5.02 Å². The Labute approximate surface area is 131 Å². The number of amides is 2. The third kappa shape index (κ3) is 2.75. The van der Waals surface area contributed by atoms with Crippen LogP contribution < -0.4 is 10.2 Å². The molecule has 0 spiro atoms. The average Bonchev–Trinajstić information content (AvgIpc) is 2.77. The van der Waals surface area contributed by atoms with E-state index in [0.717, 1.165) is 11.8 Å². The molecular weight excluding hydrogens is 308 g/mol. The van der Waals surface area contributed by atoms with Gasteiger partial charge in [-0.3, -0.25) is 9.59 Å². The lowest BCUT2D eigenvalue weighted by atomic mass is 10.3. The van der Waals surface area contributed by atoms with Crippen molar-refractivity contribution in [2.24, 2.45) is 0 Å². The maximum absolute atomic E-state index is 12.4. The van der Waals surface area contributed by atoms with Crippen molar-refractivity contribution in [1.29, 1.82) is 0 Å². The number of nitrogens with zero attached hydrogens (tertiary/aromatic N) is 1. The molecular formula is C15H11ClN2O2S. The molecule has 0 saturated carbocycles. The average molecular weight is 319 g/mol. The fraction of sp³-hybridized carbons (Fsp3) is 0.0667. The molecule has 1 heterocycles. The van der Waals surface area contributed by atoms with Gasteiger partial charge in [0.2, 0.25) is 0 Å². The van der Waals surface area contributed by atoms with Gasteiger partial charge in [-0.2, -0.15) is 0 Å². The van der Waals surface area contributed by atoms with Gasteiger partial charge in [0, 0.05) is 0 Å². The van der Waals surface area contributed by atoms with E-state index in [-0.39, 0.29) is 11.1 Å². The number of imide groups is 1. The molecule has 1 aliphatic heterocycles. The monoisotopic (exact) mass is 318 g/mol. The number of carbonyl (C=O) groups is 2. The summed E-state index contributed by atoms with van der Waals surface area (Å²) >= 11 is 7.01. The first-order valence-electron chi connectivity index (χ1n) is 6.27. The minimum Gasteiger partial charge on any atom is -0.364 e. The molecule has 1 saturated heterocycles. The number of nitrogens with one attached hydrogen (secondary N) is 1. The van der Waals surface area contributed by atoms with E-state index >= 15 is 0 Å². The second-order valence-electron chi connectivity index (χ2n) is 4.40. The molecule has 21 heavy (non-hydrogen) atoms. The highest BCUT2D eigenvalue weighted by Gasteiger charge is 2.40. The van der Waals surface area contributed by atoms with Crippen molar-refractivity contribution in [3.05, 3.63) is 59.6 Å². The van der Waals surface area contributed by atoms with Crippen molar-refractivity contribution in [2.45, 2.75) is 5.37 Å². The minimum absolute atomic E-state index is 0.295. The van der Waals surface area contributed by atoms with E-state index in [0.29, 0.717) is 16.4 Å². The second kappa shape index (κ2) is 5.79. The zero-order valence-corrected chi connectivity index (χ0v) is 12.4. The summed E-state index contributed by atoms with van der Waals surface area (Å²) < 4.78 is 0. The lowest BCUT2D eigenvalue weighted by Gasteiger charge is -2.15. The lowest BCUT2D eigenvalue weighted by molar-refractivity contribution is -0.116. The smallest absolute Gasteiger partial charge is 0.295 e. The molecule has 6 heteroatoms. The third-order valence-electron chi connectivity index (χ3n) is 3.02. The molecule has 3 rings (SSSR count). The molecule has 106 valence electrons. The Morgan fingerprint density at radius 2 is 1.67 bits per heavy atom. The molecule has 4 nitrogen and oxygen atoms in total. The highest BCUT2D eigenvalue weighted by Crippen LogP contribution is 2.33. The van der Waals surface area contributed by atoms with Crippen LogP contribution >= 0.6 is 23.4 Å². The van der Waals surface area contributed by atoms with E-state index < -0.39 is 5.37 Å². The predicted octanol–water partition coefficient (Wildman–Crippen LogP) is 3.98. The highest BCUT2D eigenvalue weighted by molar-refractivity contribution is 8.16. The number of carbonyl (C=O) groups excluding carboxylic acids is 2. The Morgan fingerprint density at radius 3 is 2.38 bits per heavy atom. The zero-order chi connectivity index (χ0) is 14.8. The van der Waals surface area contributed by atoms with Crippen molar-refractivity contribution in [2.75, 3.05) is 10.2 Å². The fourth-order valence-corrected chi connectivity index (χ4v) is 3.12. The predicted molar refractivity (Wildman–Crippen MR) is 85.8 cm³/mol. The summed E-state index contributed by atoms with van der Waals surface area (Å²) in [7, 11) is 0. The van der Waals surface area contributed by atoms with E-state index in [1.807, 2.05) is 12.1 Å². The largest absolute Gasteiger partial charge is 0.364 e. The van der Waals surface area contributed by atoms with Crippen LogP contribution in [0.4, 0.5) is 16.2 Å². The molecule has 2 amide bonds. The molecule has 1 N–H and O–H groups in total. The fourth-order valence-electron chi connectivity index (χ4n) is 2.03. The van der Waals surface area contributed by atoms with Crippen LogP contribution in [0.25, 0.3) is 0 Å². The highest BCUT2D eigenvalue weighted by atomic mass is 35.5. The SMILES string of the molecule is O=C1S[C@@H](Nc2ccccc2Cl)C(=O)N1c1ccccc1. The molecule has 1 aliphatic rings. The standard InChI is InChI=1S/C15H11ClN2O2S/c16-11-8-4-5-9-12(11)17-13-14(19)18(15(20)21-13)10-6-2-1-3-7-10/h1-9,13,17H/t13-/m1/s1. The van der Waals surface area contributed by atoms with Crippen molar-refractivity contribution < 1.29 is 9.59 Å². The molecule has 0 aliphatic carbocycles. The first kappa shape index (κ1) is 14.0. The lowest BCUT2D eigenvalue weighted by Crippen LogP contribution is -2.34. The van der Waals surface area contributed by atoms with Gasteiger partial charge in [-0.15, -0.1) is 0 Å². The quantitative estimate of drug-likeness (QED) is 0.930. The summed E-state index contributed by atoms with van der Waals surface area (Å²) in [6, 6.07) is 16.0. The first-order valence-corrected chi connectivity index (χ1v) is 7.53. The Kier molecular flexibility index (Phi) is 3.86. The van der Waals surface area contributed by atoms with E-state index in [9.17, 15) is 9.59 Å². The van der Waals surface area contributed by atoms with Crippen LogP contribution in [0.1, 0.15) is 0 Å². The Bertz CT molecular complexity index is 693. The third-order valence-corrected chi connectivity index (χ3v) is 4.29. The van der Waals surface area contributed by atoms with Crippen molar-refractivity contribution in [3.8, 4) is 0 Å². The van der Waals surface area contributed by atoms with Crippen LogP contribution in [0, 0.1) is 0 Å². The summed E-state index contributed by atoms with van der Waals surface area (Å²) in [5.41, 5.74) is 1.20. The Morgan fingerprint density at radius 1 is 1.00 bits per heavy atom. The number of anilines is 2. The van der Waals surface area contributed by atoms with Gasteiger partial charge in [-0.05, 0) is 36.0 Å². The molecule has 0 aromatic heterocycles. The number of hydrogen-bond acceptors (Lipinski definition) is 4. The maximum atomic E-state index is 12.4. The zero-order valence-electron chi connectivity index (χ0n) is 10.8. The van der Waals surface area contributed by atoms with Gasteiger partial charge in [0.25, 0.3) is 11.1 Å². The summed E-state index contributed by atoms with van der Waals surface area (Å²) in [5, 5.41) is 2.55. The van der Waals surface area contributed by atoms with Gasteiger partial charge >= 0.3 is 0 Å². The molecule has 1 fully saturated rings. The molecule has 1 atom stereocenters. The maximum Gasteiger partial charge on any atom is 0.295 e. The van der Waals surface area contributed by atoms with Gasteiger partial charge < -0.3 is 5.32 Å². The normalized spacial score (nSPS) is 18.1. The summed E-state index contributed by atoms with van der Waals surface area (Å²) in [6.45, 7) is 0. The Hall–Kier alpha value is -1.98. The molecule has 0 radical (unpaired) electrons. The van der Waals surface area contributed by atoms with E-state index in [1.54, 1.807) is 42.5 Å². The minimum atomic E-state index is -0.669. The molecule has 0 bridgehead atoms.